The number of aliphatic carboxylic acids is 1. The normalized spacial score (nSPS) is 11.3. The van der Waals surface area contributed by atoms with E-state index in [-0.39, 0.29) is 19.5 Å². The molecule has 2 aromatic heterocycles. The molecule has 43 heavy (non-hydrogen) atoms. The van der Waals surface area contributed by atoms with Crippen molar-refractivity contribution in [2.45, 2.75) is 18.8 Å². The Bertz CT molecular complexity index is 1520. The van der Waals surface area contributed by atoms with Crippen molar-refractivity contribution in [3.63, 3.8) is 0 Å². The van der Waals surface area contributed by atoms with Gasteiger partial charge in [0.05, 0.1) is 43.3 Å². The average molecular weight is 615 g/mol. The maximum atomic E-state index is 12.5. The lowest BCUT2D eigenvalue weighted by atomic mass is 10.1. The van der Waals surface area contributed by atoms with Crippen LogP contribution in [0.1, 0.15) is 6.42 Å². The highest BCUT2D eigenvalue weighted by Crippen LogP contribution is 2.34. The molecule has 0 aliphatic rings. The number of alkyl halides is 6. The van der Waals surface area contributed by atoms with Gasteiger partial charge in [-0.1, -0.05) is 0 Å². The van der Waals surface area contributed by atoms with Crippen molar-refractivity contribution in [3.8, 4) is 22.8 Å². The van der Waals surface area contributed by atoms with E-state index < -0.39 is 24.2 Å². The number of nitrogens with one attached hydrogen (secondary N) is 2. The summed E-state index contributed by atoms with van der Waals surface area (Å²) in [6.07, 6.45) is -4.77. The number of fused-ring (bicyclic) bond motifs is 1. The lowest BCUT2D eigenvalue weighted by Crippen LogP contribution is -2.38. The number of carbonyl (C=O) groups excluding carboxylic acids is 1. The van der Waals surface area contributed by atoms with Crippen molar-refractivity contribution in [1.82, 2.24) is 25.5 Å². The molecule has 0 fully saturated rings. The summed E-state index contributed by atoms with van der Waals surface area (Å²) in [7, 11) is 3.05. The first-order valence-corrected chi connectivity index (χ1v) is 12.1. The van der Waals surface area contributed by atoms with Gasteiger partial charge in [-0.15, -0.1) is 0 Å². The third-order valence-corrected chi connectivity index (χ3v) is 5.62. The number of methoxy groups -OCH3 is 2. The zero-order valence-corrected chi connectivity index (χ0v) is 22.5. The fourth-order valence-electron chi connectivity index (χ4n) is 3.59. The maximum Gasteiger partial charge on any atom is 0.490 e. The number of ether oxygens (including phenoxy) is 2. The van der Waals surface area contributed by atoms with Crippen LogP contribution >= 0.6 is 0 Å². The Morgan fingerprint density at radius 1 is 0.930 bits per heavy atom. The van der Waals surface area contributed by atoms with E-state index in [4.69, 9.17) is 19.4 Å². The second-order valence-electron chi connectivity index (χ2n) is 8.55. The number of amides is 1. The van der Waals surface area contributed by atoms with Crippen LogP contribution < -0.4 is 19.7 Å². The Hall–Kier alpha value is -5.09. The summed E-state index contributed by atoms with van der Waals surface area (Å²) in [5.74, 6) is -3.64. The van der Waals surface area contributed by atoms with E-state index in [9.17, 15) is 31.1 Å². The molecule has 4 aromatic rings. The highest BCUT2D eigenvalue weighted by molar-refractivity contribution is 5.83. The molecule has 0 bridgehead atoms. The summed E-state index contributed by atoms with van der Waals surface area (Å²) >= 11 is 0. The number of rotatable bonds is 9. The summed E-state index contributed by atoms with van der Waals surface area (Å²) < 4.78 is 80.1. The molecule has 0 saturated heterocycles. The number of hydrogen-bond acceptors (Lipinski definition) is 8. The predicted molar refractivity (Wildman–Crippen MR) is 141 cm³/mol. The molecule has 0 aliphatic carbocycles. The van der Waals surface area contributed by atoms with Gasteiger partial charge in [0.15, 0.2) is 0 Å². The second-order valence-corrected chi connectivity index (χ2v) is 8.55. The zero-order chi connectivity index (χ0) is 31.8. The lowest BCUT2D eigenvalue weighted by Gasteiger charge is -2.26. The summed E-state index contributed by atoms with van der Waals surface area (Å²) in [5.41, 5.74) is 4.12. The van der Waals surface area contributed by atoms with Crippen LogP contribution in [0, 0.1) is 0 Å². The van der Waals surface area contributed by atoms with Crippen LogP contribution in [0.3, 0.4) is 0 Å². The third-order valence-electron chi connectivity index (χ3n) is 5.62. The molecule has 2 heterocycles. The minimum atomic E-state index is -5.08. The molecule has 0 radical (unpaired) electrons. The van der Waals surface area contributed by atoms with Gasteiger partial charge in [0.1, 0.15) is 11.5 Å². The van der Waals surface area contributed by atoms with Crippen molar-refractivity contribution in [3.05, 3.63) is 55.0 Å². The van der Waals surface area contributed by atoms with E-state index in [2.05, 4.69) is 20.2 Å². The molecule has 0 aliphatic heterocycles. The minimum Gasteiger partial charge on any atom is -0.497 e. The van der Waals surface area contributed by atoms with E-state index >= 15 is 0 Å². The number of carbonyl (C=O) groups is 2. The van der Waals surface area contributed by atoms with Crippen LogP contribution in [0.5, 0.6) is 11.5 Å². The largest absolute Gasteiger partial charge is 0.497 e. The fraction of sp³-hybridized carbons (Fsp3) is 0.269. The average Bonchev–Trinajstić information content (AvgIpc) is 3.51. The van der Waals surface area contributed by atoms with Gasteiger partial charge in [-0.25, -0.2) is 9.78 Å². The number of benzene rings is 2. The van der Waals surface area contributed by atoms with E-state index in [1.165, 1.54) is 14.2 Å². The highest BCUT2D eigenvalue weighted by Gasteiger charge is 2.38. The third kappa shape index (κ3) is 8.95. The zero-order valence-electron chi connectivity index (χ0n) is 22.5. The standard InChI is InChI=1S/C24H23F3N6O3.C2HF3O2/c1-35-18-8-17(9-19(11-18)36-2)33(7-3-6-28-23(34)24(25,26)27)16-4-5-20-21(10-16)32-22(14-29-20)15-12-30-31-13-15;3-2(4,5)1(6)7/h4-5,8-14H,3,6-7H2,1-2H3,(H,28,34)(H,30,31);(H,6,7). The summed E-state index contributed by atoms with van der Waals surface area (Å²) in [6.45, 7) is 0.128. The summed E-state index contributed by atoms with van der Waals surface area (Å²) in [6, 6.07) is 10.8. The Labute approximate surface area is 239 Å². The molecule has 11 nitrogen and oxygen atoms in total. The smallest absolute Gasteiger partial charge is 0.490 e. The molecular weight excluding hydrogens is 590 g/mol. The van der Waals surface area contributed by atoms with Crippen LogP contribution in [-0.4, -0.2) is 76.8 Å². The van der Waals surface area contributed by atoms with Gasteiger partial charge in [-0.3, -0.25) is 14.9 Å². The minimum absolute atomic E-state index is 0.159. The number of aromatic nitrogens is 4. The summed E-state index contributed by atoms with van der Waals surface area (Å²) in [5, 5.41) is 15.7. The number of halogens is 6. The molecule has 3 N–H and O–H groups in total. The van der Waals surface area contributed by atoms with Gasteiger partial charge in [-0.05, 0) is 24.6 Å². The Morgan fingerprint density at radius 2 is 1.58 bits per heavy atom. The number of anilines is 2. The first-order chi connectivity index (χ1) is 20.2. The van der Waals surface area contributed by atoms with Crippen LogP contribution in [-0.2, 0) is 9.59 Å². The van der Waals surface area contributed by atoms with Gasteiger partial charge in [0, 0.05) is 54.4 Å². The molecular formula is C26H24F6N6O5. The van der Waals surface area contributed by atoms with Crippen molar-refractivity contribution in [2.24, 2.45) is 0 Å². The van der Waals surface area contributed by atoms with E-state index in [1.54, 1.807) is 36.8 Å². The predicted octanol–water partition coefficient (Wildman–Crippen LogP) is 4.88. The number of carboxylic acids is 1. The van der Waals surface area contributed by atoms with Gasteiger partial charge in [0.2, 0.25) is 0 Å². The SMILES string of the molecule is COc1cc(OC)cc(N(CCCNC(=O)C(F)(F)F)c2ccc3ncc(-c4cn[nH]c4)nc3c2)c1.O=C(O)C(F)(F)F. The molecule has 0 unspecified atom stereocenters. The Balaban J connectivity index is 0.000000646. The molecule has 0 atom stereocenters. The molecule has 2 aromatic carbocycles. The second kappa shape index (κ2) is 13.7. The molecule has 4 rings (SSSR count). The molecule has 1 amide bonds. The van der Waals surface area contributed by atoms with Crippen molar-refractivity contribution in [1.29, 1.82) is 0 Å². The summed E-state index contributed by atoms with van der Waals surface area (Å²) in [4.78, 5) is 31.1. The number of aromatic amines is 1. The maximum absolute atomic E-state index is 12.5. The van der Waals surface area contributed by atoms with Crippen LogP contribution in [0.25, 0.3) is 22.3 Å². The lowest BCUT2D eigenvalue weighted by molar-refractivity contribution is -0.192. The fourth-order valence-corrected chi connectivity index (χ4v) is 3.59. The monoisotopic (exact) mass is 614 g/mol. The van der Waals surface area contributed by atoms with Gasteiger partial charge >= 0.3 is 24.2 Å². The van der Waals surface area contributed by atoms with E-state index in [0.29, 0.717) is 33.9 Å². The van der Waals surface area contributed by atoms with Gasteiger partial charge in [-0.2, -0.15) is 31.4 Å². The first-order valence-electron chi connectivity index (χ1n) is 12.1. The van der Waals surface area contributed by atoms with E-state index in [1.807, 2.05) is 28.4 Å². The molecule has 17 heteroatoms. The quantitative estimate of drug-likeness (QED) is 0.178. The van der Waals surface area contributed by atoms with Gasteiger partial charge < -0.3 is 24.8 Å². The van der Waals surface area contributed by atoms with Crippen LogP contribution in [0.2, 0.25) is 0 Å². The van der Waals surface area contributed by atoms with Crippen LogP contribution in [0.15, 0.2) is 55.0 Å². The molecule has 0 spiro atoms. The van der Waals surface area contributed by atoms with Crippen molar-refractivity contribution >= 4 is 34.3 Å². The van der Waals surface area contributed by atoms with Gasteiger partial charge in [0.25, 0.3) is 0 Å². The Kier molecular flexibility index (Phi) is 10.3. The van der Waals surface area contributed by atoms with Crippen LogP contribution in [0.4, 0.5) is 37.7 Å². The first kappa shape index (κ1) is 32.4. The number of H-pyrrole nitrogens is 1. The highest BCUT2D eigenvalue weighted by atomic mass is 19.4. The molecule has 230 valence electrons. The molecule has 0 saturated carbocycles. The number of hydrogen-bond donors (Lipinski definition) is 3. The Morgan fingerprint density at radius 3 is 2.12 bits per heavy atom. The van der Waals surface area contributed by atoms with E-state index in [0.717, 1.165) is 11.3 Å². The topological polar surface area (TPSA) is 143 Å². The number of nitrogens with zero attached hydrogens (tertiary/aromatic N) is 4. The van der Waals surface area contributed by atoms with Crippen molar-refractivity contribution in [2.75, 3.05) is 32.2 Å². The van der Waals surface area contributed by atoms with Crippen molar-refractivity contribution < 1.29 is 50.5 Å². The number of carboxylic acid groups (broad SMARTS) is 1.